The molecule has 37 heavy (non-hydrogen) atoms. The van der Waals surface area contributed by atoms with Gasteiger partial charge in [0.15, 0.2) is 5.03 Å². The van der Waals surface area contributed by atoms with Crippen LogP contribution in [0.1, 0.15) is 19.3 Å². The smallest absolute Gasteiger partial charge is 0.262 e. The second-order valence-electron chi connectivity index (χ2n) is 9.99. The molecule has 11 nitrogen and oxygen atoms in total. The Kier molecular flexibility index (Phi) is 7.82. The Balaban J connectivity index is 1.21. The normalized spacial score (nSPS) is 27.8. The molecule has 0 radical (unpaired) electrons. The number of benzene rings is 1. The number of sulfonamides is 1. The molecule has 0 unspecified atom stereocenters. The average molecular weight is 534 g/mol. The van der Waals surface area contributed by atoms with Crippen molar-refractivity contribution in [1.29, 1.82) is 0 Å². The van der Waals surface area contributed by atoms with Crippen LogP contribution in [-0.2, 0) is 31.3 Å². The molecule has 3 aliphatic rings. The van der Waals surface area contributed by atoms with Gasteiger partial charge in [-0.1, -0.05) is 18.2 Å². The molecule has 3 fully saturated rings. The predicted molar refractivity (Wildman–Crippen MR) is 135 cm³/mol. The minimum atomic E-state index is -3.94. The minimum absolute atomic E-state index is 0.0100. The topological polar surface area (TPSA) is 117 Å². The van der Waals surface area contributed by atoms with E-state index >= 15 is 0 Å². The number of aryl methyl sites for hydroxylation is 1. The van der Waals surface area contributed by atoms with E-state index in [9.17, 15) is 18.3 Å². The summed E-state index contributed by atoms with van der Waals surface area (Å²) in [5.74, 6) is 0.0521. The van der Waals surface area contributed by atoms with Gasteiger partial charge in [-0.05, 0) is 25.0 Å². The third kappa shape index (κ3) is 5.83. The number of aromatic nitrogens is 2. The van der Waals surface area contributed by atoms with Crippen LogP contribution in [0.25, 0.3) is 0 Å². The number of nitrogens with zero attached hydrogens (tertiary/aromatic N) is 5. The number of hydrogen-bond donors (Lipinski definition) is 1. The van der Waals surface area contributed by atoms with E-state index in [0.717, 1.165) is 18.8 Å². The maximum absolute atomic E-state index is 13.4. The molecular weight excluding hydrogens is 498 g/mol. The Bertz CT molecular complexity index is 1170. The van der Waals surface area contributed by atoms with Crippen LogP contribution in [0, 0.1) is 0 Å². The lowest BCUT2D eigenvalue weighted by molar-refractivity contribution is -0.151. The maximum Gasteiger partial charge on any atom is 0.262 e. The molecule has 0 bridgehead atoms. The summed E-state index contributed by atoms with van der Waals surface area (Å²) in [4.78, 5) is 21.3. The van der Waals surface area contributed by atoms with Gasteiger partial charge in [0.25, 0.3) is 10.0 Å². The van der Waals surface area contributed by atoms with Crippen LogP contribution in [0.15, 0.2) is 47.9 Å². The number of piperazine rings is 1. The molecule has 1 amide bonds. The highest BCUT2D eigenvalue weighted by Gasteiger charge is 2.44. The predicted octanol–water partition coefficient (Wildman–Crippen LogP) is 0.457. The van der Waals surface area contributed by atoms with Gasteiger partial charge in [0.05, 0.1) is 50.3 Å². The number of aliphatic hydroxyl groups is 1. The highest BCUT2D eigenvalue weighted by atomic mass is 32.2. The van der Waals surface area contributed by atoms with Gasteiger partial charge < -0.3 is 28.9 Å². The van der Waals surface area contributed by atoms with E-state index in [1.165, 1.54) is 16.8 Å². The number of rotatable bonds is 5. The molecular formula is C25H35N5O6S. The number of para-hydroxylation sites is 1. The number of β-amino-alcohol motifs (C(OH)–C–C–N with tert-alkyl or cyclic N) is 1. The van der Waals surface area contributed by atoms with Crippen molar-refractivity contribution in [2.45, 2.75) is 48.6 Å². The highest BCUT2D eigenvalue weighted by molar-refractivity contribution is 7.89. The molecule has 4 atom stereocenters. The van der Waals surface area contributed by atoms with Crippen LogP contribution in [0.4, 0.5) is 5.69 Å². The minimum Gasteiger partial charge on any atom is -0.389 e. The van der Waals surface area contributed by atoms with E-state index < -0.39 is 28.3 Å². The first-order valence-electron chi connectivity index (χ1n) is 12.8. The molecule has 1 aromatic carbocycles. The van der Waals surface area contributed by atoms with Crippen molar-refractivity contribution in [3.63, 3.8) is 0 Å². The van der Waals surface area contributed by atoms with Gasteiger partial charge >= 0.3 is 0 Å². The van der Waals surface area contributed by atoms with Gasteiger partial charge in [-0.25, -0.2) is 13.4 Å². The van der Waals surface area contributed by atoms with Gasteiger partial charge in [-0.3, -0.25) is 4.79 Å². The van der Waals surface area contributed by atoms with Crippen molar-refractivity contribution >= 4 is 21.6 Å². The molecule has 4 heterocycles. The fraction of sp³-hybridized carbons (Fsp3) is 0.600. The van der Waals surface area contributed by atoms with Crippen LogP contribution in [0.5, 0.6) is 0 Å². The van der Waals surface area contributed by atoms with Crippen LogP contribution < -0.4 is 4.90 Å². The second kappa shape index (κ2) is 11.1. The zero-order valence-electron chi connectivity index (χ0n) is 21.1. The summed E-state index contributed by atoms with van der Waals surface area (Å²) in [5.41, 5.74) is 1.16. The van der Waals surface area contributed by atoms with Crippen LogP contribution in [0.2, 0.25) is 0 Å². The summed E-state index contributed by atoms with van der Waals surface area (Å²) in [6, 6.07) is 9.68. The number of imidazole rings is 1. The van der Waals surface area contributed by atoms with E-state index in [0.29, 0.717) is 25.9 Å². The van der Waals surface area contributed by atoms with Crippen molar-refractivity contribution in [2.75, 3.05) is 50.8 Å². The number of carbonyl (C=O) groups excluding carboxylic acids is 1. The van der Waals surface area contributed by atoms with Crippen molar-refractivity contribution in [3.05, 3.63) is 42.9 Å². The monoisotopic (exact) mass is 533 g/mol. The Hall–Kier alpha value is -2.51. The van der Waals surface area contributed by atoms with Gasteiger partial charge in [0.1, 0.15) is 0 Å². The summed E-state index contributed by atoms with van der Waals surface area (Å²) >= 11 is 0. The zero-order chi connectivity index (χ0) is 26.0. The van der Waals surface area contributed by atoms with Crippen molar-refractivity contribution in [2.24, 2.45) is 7.05 Å². The Morgan fingerprint density at radius 3 is 2.57 bits per heavy atom. The summed E-state index contributed by atoms with van der Waals surface area (Å²) in [7, 11) is -2.24. The standard InChI is InChI=1S/C25H35N5O6S/c1-27-15-24(26-18-27)37(33,34)30-14-20(31)16-35-17-23-22(30)8-7-21(36-23)13-25(32)29-11-9-28(10-12-29)19-5-3-2-4-6-19/h2-6,15,18,20-23,31H,7-14,16-17H2,1H3/t20-,21+,22-,23+/m1/s1. The third-order valence-corrected chi connectivity index (χ3v) is 9.12. The molecule has 0 aliphatic carbocycles. The summed E-state index contributed by atoms with van der Waals surface area (Å²) < 4.78 is 41.7. The number of fused-ring (bicyclic) bond motifs is 1. The van der Waals surface area contributed by atoms with E-state index in [1.807, 2.05) is 23.1 Å². The first kappa shape index (κ1) is 26.1. The fourth-order valence-corrected chi connectivity index (χ4v) is 7.08. The van der Waals surface area contributed by atoms with E-state index in [2.05, 4.69) is 22.0 Å². The Morgan fingerprint density at radius 1 is 1.11 bits per heavy atom. The highest BCUT2D eigenvalue weighted by Crippen LogP contribution is 2.31. The number of carbonyl (C=O) groups is 1. The number of amides is 1. The molecule has 3 saturated heterocycles. The quantitative estimate of drug-likeness (QED) is 0.589. The lowest BCUT2D eigenvalue weighted by Gasteiger charge is -2.43. The molecule has 0 spiro atoms. The van der Waals surface area contributed by atoms with Crippen molar-refractivity contribution < 1.29 is 27.8 Å². The summed E-state index contributed by atoms with van der Waals surface area (Å²) in [6.07, 6.45) is 2.40. The Labute approximate surface area is 217 Å². The zero-order valence-corrected chi connectivity index (χ0v) is 21.9. The van der Waals surface area contributed by atoms with E-state index in [1.54, 1.807) is 11.6 Å². The molecule has 202 valence electrons. The molecule has 2 aromatic rings. The fourth-order valence-electron chi connectivity index (χ4n) is 5.39. The Morgan fingerprint density at radius 2 is 1.86 bits per heavy atom. The molecule has 1 aromatic heterocycles. The number of hydrogen-bond acceptors (Lipinski definition) is 8. The van der Waals surface area contributed by atoms with Gasteiger partial charge in [-0.2, -0.15) is 4.31 Å². The maximum atomic E-state index is 13.4. The molecule has 5 rings (SSSR count). The van der Waals surface area contributed by atoms with Gasteiger partial charge in [0, 0.05) is 51.7 Å². The first-order chi connectivity index (χ1) is 17.8. The molecule has 1 N–H and O–H groups in total. The van der Waals surface area contributed by atoms with E-state index in [4.69, 9.17) is 9.47 Å². The lowest BCUT2D eigenvalue weighted by atomic mass is 9.96. The third-order valence-electron chi connectivity index (χ3n) is 7.34. The van der Waals surface area contributed by atoms with Gasteiger partial charge in [-0.15, -0.1) is 0 Å². The SMILES string of the molecule is Cn1cnc(S(=O)(=O)N2C[C@@H](O)COC[C@@H]3O[C@H](CC(=O)N4CCN(c5ccccc5)CC4)CC[C@H]32)c1. The summed E-state index contributed by atoms with van der Waals surface area (Å²) in [6.45, 7) is 2.93. The number of ether oxygens (including phenoxy) is 2. The lowest BCUT2D eigenvalue weighted by Crippen LogP contribution is -2.57. The molecule has 3 aliphatic heterocycles. The van der Waals surface area contributed by atoms with Crippen LogP contribution in [-0.4, -0.2) is 108 Å². The first-order valence-corrected chi connectivity index (χ1v) is 14.2. The van der Waals surface area contributed by atoms with Crippen LogP contribution >= 0.6 is 0 Å². The average Bonchev–Trinajstić information content (AvgIpc) is 3.34. The second-order valence-corrected chi connectivity index (χ2v) is 11.8. The van der Waals surface area contributed by atoms with E-state index in [-0.39, 0.29) is 43.2 Å². The largest absolute Gasteiger partial charge is 0.389 e. The number of aliphatic hydroxyl groups excluding tert-OH is 1. The number of anilines is 1. The van der Waals surface area contributed by atoms with Crippen molar-refractivity contribution in [3.8, 4) is 0 Å². The van der Waals surface area contributed by atoms with Crippen LogP contribution in [0.3, 0.4) is 0 Å². The molecule has 0 saturated carbocycles. The molecule has 12 heteroatoms. The summed E-state index contributed by atoms with van der Waals surface area (Å²) in [5, 5.41) is 10.3. The van der Waals surface area contributed by atoms with Gasteiger partial charge in [0.2, 0.25) is 5.91 Å². The van der Waals surface area contributed by atoms with Crippen molar-refractivity contribution in [1.82, 2.24) is 18.8 Å².